The molecule has 118 valence electrons. The summed E-state index contributed by atoms with van der Waals surface area (Å²) in [5.41, 5.74) is 3.54. The number of carbonyl (C=O) groups is 1. The minimum atomic E-state index is 0.0382. The number of carbonyl (C=O) groups excluding carboxylic acids is 1. The van der Waals surface area contributed by atoms with E-state index in [1.807, 2.05) is 48.0 Å². The molecule has 3 aromatic rings. The Balaban J connectivity index is 1.43. The first-order chi connectivity index (χ1) is 11.2. The van der Waals surface area contributed by atoms with Crippen molar-refractivity contribution in [2.45, 2.75) is 17.7 Å². The van der Waals surface area contributed by atoms with E-state index >= 15 is 0 Å². The molecule has 0 aliphatic carbocycles. The van der Waals surface area contributed by atoms with Crippen LogP contribution < -0.4 is 5.32 Å². The zero-order valence-electron chi connectivity index (χ0n) is 12.3. The summed E-state index contributed by atoms with van der Waals surface area (Å²) >= 11 is 9.18. The average molecular weight is 363 g/mol. The van der Waals surface area contributed by atoms with Crippen LogP contribution in [-0.4, -0.2) is 16.6 Å². The Morgan fingerprint density at radius 1 is 1.22 bits per heavy atom. The highest BCUT2D eigenvalue weighted by Gasteiger charge is 2.04. The van der Waals surface area contributed by atoms with Crippen molar-refractivity contribution in [3.63, 3.8) is 0 Å². The van der Waals surface area contributed by atoms with Crippen LogP contribution in [0.25, 0.3) is 10.2 Å². The highest BCUT2D eigenvalue weighted by molar-refractivity contribution is 7.99. The summed E-state index contributed by atoms with van der Waals surface area (Å²) in [4.78, 5) is 17.4. The maximum Gasteiger partial charge on any atom is 0.224 e. The molecule has 0 atom stereocenters. The topological polar surface area (TPSA) is 42.0 Å². The number of amides is 1. The van der Waals surface area contributed by atoms with Gasteiger partial charge in [-0.1, -0.05) is 11.6 Å². The molecule has 1 aromatic heterocycles. The highest BCUT2D eigenvalue weighted by atomic mass is 35.5. The maximum atomic E-state index is 12.0. The van der Waals surface area contributed by atoms with Crippen molar-refractivity contribution in [1.29, 1.82) is 0 Å². The Labute approximate surface area is 148 Å². The molecule has 0 radical (unpaired) electrons. The summed E-state index contributed by atoms with van der Waals surface area (Å²) in [6.45, 7) is 0. The molecule has 6 heteroatoms. The van der Waals surface area contributed by atoms with Crippen LogP contribution in [0, 0.1) is 0 Å². The molecule has 0 aliphatic rings. The molecular weight excluding hydrogens is 348 g/mol. The number of benzene rings is 2. The molecule has 1 amide bonds. The van der Waals surface area contributed by atoms with Crippen LogP contribution in [0.1, 0.15) is 12.8 Å². The van der Waals surface area contributed by atoms with E-state index in [1.54, 1.807) is 23.1 Å². The van der Waals surface area contributed by atoms with Crippen LogP contribution in [0.2, 0.25) is 5.02 Å². The molecule has 3 nitrogen and oxygen atoms in total. The summed E-state index contributed by atoms with van der Waals surface area (Å²) in [6, 6.07) is 13.6. The van der Waals surface area contributed by atoms with Crippen LogP contribution in [0.3, 0.4) is 0 Å². The summed E-state index contributed by atoms with van der Waals surface area (Å²) in [5.74, 6) is 0.941. The Morgan fingerprint density at radius 2 is 2.04 bits per heavy atom. The van der Waals surface area contributed by atoms with Crippen molar-refractivity contribution >= 4 is 56.5 Å². The van der Waals surface area contributed by atoms with Gasteiger partial charge < -0.3 is 5.32 Å². The van der Waals surface area contributed by atoms with E-state index in [4.69, 9.17) is 11.6 Å². The van der Waals surface area contributed by atoms with Gasteiger partial charge in [0.05, 0.1) is 15.7 Å². The molecule has 1 heterocycles. The predicted octanol–water partition coefficient (Wildman–Crippen LogP) is 5.46. The van der Waals surface area contributed by atoms with Gasteiger partial charge in [0, 0.05) is 22.0 Å². The van der Waals surface area contributed by atoms with Crippen molar-refractivity contribution in [3.8, 4) is 0 Å². The fraction of sp³-hybridized carbons (Fsp3) is 0.176. The van der Waals surface area contributed by atoms with Gasteiger partial charge in [-0.25, -0.2) is 4.98 Å². The van der Waals surface area contributed by atoms with Crippen LogP contribution >= 0.6 is 34.7 Å². The van der Waals surface area contributed by atoms with Gasteiger partial charge in [0.15, 0.2) is 0 Å². The molecule has 0 fully saturated rings. The fourth-order valence-electron chi connectivity index (χ4n) is 2.11. The number of fused-ring (bicyclic) bond motifs is 1. The van der Waals surface area contributed by atoms with E-state index in [9.17, 15) is 4.79 Å². The summed E-state index contributed by atoms with van der Waals surface area (Å²) in [7, 11) is 0. The number of thiazole rings is 1. The van der Waals surface area contributed by atoms with Crippen LogP contribution in [0.5, 0.6) is 0 Å². The Kier molecular flexibility index (Phi) is 5.54. The van der Waals surface area contributed by atoms with Crippen molar-refractivity contribution in [1.82, 2.24) is 4.98 Å². The van der Waals surface area contributed by atoms with Gasteiger partial charge in [-0.3, -0.25) is 4.79 Å². The monoisotopic (exact) mass is 362 g/mol. The third kappa shape index (κ3) is 4.70. The second kappa shape index (κ2) is 7.81. The molecule has 0 aliphatic heterocycles. The van der Waals surface area contributed by atoms with Crippen LogP contribution in [-0.2, 0) is 4.79 Å². The summed E-state index contributed by atoms with van der Waals surface area (Å²) < 4.78 is 1.13. The van der Waals surface area contributed by atoms with Crippen molar-refractivity contribution < 1.29 is 4.79 Å². The minimum absolute atomic E-state index is 0.0382. The zero-order valence-corrected chi connectivity index (χ0v) is 14.7. The van der Waals surface area contributed by atoms with Gasteiger partial charge in [-0.15, -0.1) is 23.1 Å². The second-order valence-corrected chi connectivity index (χ2v) is 7.48. The molecule has 0 saturated carbocycles. The number of halogens is 1. The number of thioether (sulfide) groups is 1. The first-order valence-corrected chi connectivity index (χ1v) is 9.46. The SMILES string of the molecule is O=C(CCCSc1ccc(Cl)cc1)Nc1ccc2scnc2c1. The minimum Gasteiger partial charge on any atom is -0.326 e. The molecule has 2 aromatic carbocycles. The van der Waals surface area contributed by atoms with Gasteiger partial charge in [0.1, 0.15) is 0 Å². The van der Waals surface area contributed by atoms with Crippen LogP contribution in [0.4, 0.5) is 5.69 Å². The number of hydrogen-bond donors (Lipinski definition) is 1. The Hall–Kier alpha value is -1.56. The lowest BCUT2D eigenvalue weighted by atomic mass is 10.2. The molecule has 0 saturated heterocycles. The maximum absolute atomic E-state index is 12.0. The van der Waals surface area contributed by atoms with E-state index < -0.39 is 0 Å². The third-order valence-electron chi connectivity index (χ3n) is 3.24. The largest absolute Gasteiger partial charge is 0.326 e. The number of aromatic nitrogens is 1. The van der Waals surface area contributed by atoms with E-state index in [1.165, 1.54) is 4.90 Å². The van der Waals surface area contributed by atoms with E-state index in [2.05, 4.69) is 10.3 Å². The quantitative estimate of drug-likeness (QED) is 0.467. The smallest absolute Gasteiger partial charge is 0.224 e. The summed E-state index contributed by atoms with van der Waals surface area (Å²) in [5, 5.41) is 3.67. The Bertz CT molecular complexity index is 802. The fourth-order valence-corrected chi connectivity index (χ4v) is 3.75. The molecule has 3 rings (SSSR count). The summed E-state index contributed by atoms with van der Waals surface area (Å²) in [6.07, 6.45) is 1.34. The standard InChI is InChI=1S/C17H15ClN2OS2/c18-12-3-6-14(7-4-12)22-9-1-2-17(21)20-13-5-8-16-15(10-13)19-11-23-16/h3-8,10-11H,1-2,9H2,(H,20,21). The zero-order chi connectivity index (χ0) is 16.1. The first kappa shape index (κ1) is 16.3. The van der Waals surface area contributed by atoms with Crippen molar-refractivity contribution in [2.75, 3.05) is 11.1 Å². The second-order valence-electron chi connectivity index (χ2n) is 4.99. The van der Waals surface area contributed by atoms with Crippen molar-refractivity contribution in [3.05, 3.63) is 53.0 Å². The van der Waals surface area contributed by atoms with Gasteiger partial charge in [0.25, 0.3) is 0 Å². The predicted molar refractivity (Wildman–Crippen MR) is 99.7 cm³/mol. The first-order valence-electron chi connectivity index (χ1n) is 7.22. The van der Waals surface area contributed by atoms with Gasteiger partial charge >= 0.3 is 0 Å². The molecule has 23 heavy (non-hydrogen) atoms. The lowest BCUT2D eigenvalue weighted by molar-refractivity contribution is -0.116. The van der Waals surface area contributed by atoms with Gasteiger partial charge in [-0.05, 0) is 54.6 Å². The molecular formula is C17H15ClN2OS2. The third-order valence-corrected chi connectivity index (χ3v) is 5.40. The van der Waals surface area contributed by atoms with E-state index in [-0.39, 0.29) is 5.91 Å². The number of nitrogens with zero attached hydrogens (tertiary/aromatic N) is 1. The number of hydrogen-bond acceptors (Lipinski definition) is 4. The highest BCUT2D eigenvalue weighted by Crippen LogP contribution is 2.23. The molecule has 1 N–H and O–H groups in total. The lowest BCUT2D eigenvalue weighted by Crippen LogP contribution is -2.11. The molecule has 0 spiro atoms. The number of nitrogens with one attached hydrogen (secondary N) is 1. The molecule has 0 unspecified atom stereocenters. The number of anilines is 1. The average Bonchev–Trinajstić information content (AvgIpc) is 3.01. The van der Waals surface area contributed by atoms with Crippen molar-refractivity contribution in [2.24, 2.45) is 0 Å². The molecule has 0 bridgehead atoms. The Morgan fingerprint density at radius 3 is 2.87 bits per heavy atom. The number of rotatable bonds is 6. The lowest BCUT2D eigenvalue weighted by Gasteiger charge is -2.05. The van der Waals surface area contributed by atoms with Gasteiger partial charge in [0.2, 0.25) is 5.91 Å². The van der Waals surface area contributed by atoms with E-state index in [0.717, 1.165) is 33.1 Å². The normalized spacial score (nSPS) is 10.8. The van der Waals surface area contributed by atoms with Gasteiger partial charge in [-0.2, -0.15) is 0 Å². The van der Waals surface area contributed by atoms with E-state index in [0.29, 0.717) is 6.42 Å². The van der Waals surface area contributed by atoms with Crippen LogP contribution in [0.15, 0.2) is 52.9 Å².